The predicted molar refractivity (Wildman–Crippen MR) is 65.3 cm³/mol. The van der Waals surface area contributed by atoms with E-state index in [-0.39, 0.29) is 0 Å². The molecule has 2 nitrogen and oxygen atoms in total. The molecule has 1 saturated heterocycles. The third kappa shape index (κ3) is 2.51. The lowest BCUT2D eigenvalue weighted by atomic mass is 9.95. The number of hydrogen-bond acceptors (Lipinski definition) is 2. The van der Waals surface area contributed by atoms with Crippen LogP contribution in [-0.4, -0.2) is 26.2 Å². The first-order valence-electron chi connectivity index (χ1n) is 5.77. The predicted octanol–water partition coefficient (Wildman–Crippen LogP) is 2.12. The van der Waals surface area contributed by atoms with Gasteiger partial charge in [0, 0.05) is 24.8 Å². The number of piperidine rings is 1. The van der Waals surface area contributed by atoms with Crippen LogP contribution in [0.5, 0.6) is 0 Å². The summed E-state index contributed by atoms with van der Waals surface area (Å²) in [6.07, 6.45) is 1.29. The van der Waals surface area contributed by atoms with Gasteiger partial charge in [-0.2, -0.15) is 0 Å². The number of rotatable bonds is 2. The van der Waals surface area contributed by atoms with Gasteiger partial charge in [0.25, 0.3) is 0 Å². The number of nitrogens with one attached hydrogen (secondary N) is 1. The maximum absolute atomic E-state index is 3.39. The number of para-hydroxylation sites is 1. The summed E-state index contributed by atoms with van der Waals surface area (Å²) in [6.45, 7) is 4.65. The summed E-state index contributed by atoms with van der Waals surface area (Å²) in [4.78, 5) is 2.48. The first kappa shape index (κ1) is 10.5. The Morgan fingerprint density at radius 3 is 2.60 bits per heavy atom. The third-order valence-corrected chi connectivity index (χ3v) is 3.19. The van der Waals surface area contributed by atoms with Crippen molar-refractivity contribution in [2.75, 3.05) is 25.0 Å². The Morgan fingerprint density at radius 2 is 1.93 bits per heavy atom. The fourth-order valence-electron chi connectivity index (χ4n) is 2.41. The minimum atomic E-state index is 0.633. The van der Waals surface area contributed by atoms with Gasteiger partial charge in [-0.25, -0.2) is 0 Å². The van der Waals surface area contributed by atoms with Gasteiger partial charge in [-0.3, -0.25) is 0 Å². The van der Waals surface area contributed by atoms with E-state index in [1.54, 1.807) is 0 Å². The van der Waals surface area contributed by atoms with Gasteiger partial charge in [-0.05, 0) is 31.5 Å². The van der Waals surface area contributed by atoms with Gasteiger partial charge in [0.15, 0.2) is 0 Å². The van der Waals surface area contributed by atoms with Crippen LogP contribution in [0.25, 0.3) is 0 Å². The summed E-state index contributed by atoms with van der Waals surface area (Å²) in [5, 5.41) is 3.39. The van der Waals surface area contributed by atoms with E-state index in [4.69, 9.17) is 0 Å². The molecule has 1 fully saturated rings. The molecule has 2 heteroatoms. The number of anilines is 1. The van der Waals surface area contributed by atoms with Crippen molar-refractivity contribution in [2.45, 2.75) is 19.4 Å². The van der Waals surface area contributed by atoms with Crippen molar-refractivity contribution in [3.8, 4) is 0 Å². The Labute approximate surface area is 92.3 Å². The fraction of sp³-hybridized carbons (Fsp3) is 0.538. The van der Waals surface area contributed by atoms with Crippen LogP contribution in [0, 0.1) is 5.92 Å². The van der Waals surface area contributed by atoms with E-state index >= 15 is 0 Å². The van der Waals surface area contributed by atoms with E-state index in [9.17, 15) is 0 Å². The highest BCUT2D eigenvalue weighted by molar-refractivity contribution is 5.46. The van der Waals surface area contributed by atoms with Gasteiger partial charge < -0.3 is 10.2 Å². The van der Waals surface area contributed by atoms with E-state index < -0.39 is 0 Å². The Hall–Kier alpha value is -1.02. The Balaban J connectivity index is 2.09. The van der Waals surface area contributed by atoms with Crippen LogP contribution in [0.4, 0.5) is 5.69 Å². The number of nitrogens with zero attached hydrogens (tertiary/aromatic N) is 1. The third-order valence-electron chi connectivity index (χ3n) is 3.19. The summed E-state index contributed by atoms with van der Waals surface area (Å²) in [5.41, 5.74) is 1.35. The van der Waals surface area contributed by atoms with Gasteiger partial charge in [-0.15, -0.1) is 0 Å². The van der Waals surface area contributed by atoms with Crippen LogP contribution in [0.15, 0.2) is 30.3 Å². The number of benzene rings is 1. The zero-order valence-electron chi connectivity index (χ0n) is 9.61. The fourth-order valence-corrected chi connectivity index (χ4v) is 2.41. The SMILES string of the molecule is CNC1CC(C)CN(c2ccccc2)C1. The summed E-state index contributed by atoms with van der Waals surface area (Å²) in [5.74, 6) is 0.774. The second-order valence-corrected chi connectivity index (χ2v) is 4.57. The molecule has 0 aliphatic carbocycles. The van der Waals surface area contributed by atoms with Gasteiger partial charge in [-0.1, -0.05) is 25.1 Å². The summed E-state index contributed by atoms with van der Waals surface area (Å²) >= 11 is 0. The van der Waals surface area contributed by atoms with Gasteiger partial charge in [0.1, 0.15) is 0 Å². The van der Waals surface area contributed by atoms with E-state index in [0.29, 0.717) is 6.04 Å². The number of hydrogen-bond donors (Lipinski definition) is 1. The van der Waals surface area contributed by atoms with Crippen molar-refractivity contribution in [2.24, 2.45) is 5.92 Å². The Morgan fingerprint density at radius 1 is 1.20 bits per heavy atom. The molecule has 1 aromatic rings. The summed E-state index contributed by atoms with van der Waals surface area (Å²) in [7, 11) is 2.06. The van der Waals surface area contributed by atoms with Crippen LogP contribution < -0.4 is 10.2 Å². The summed E-state index contributed by atoms with van der Waals surface area (Å²) < 4.78 is 0. The molecule has 1 aliphatic heterocycles. The van der Waals surface area contributed by atoms with Crippen LogP contribution in [0.3, 0.4) is 0 Å². The average Bonchev–Trinajstić information content (AvgIpc) is 2.29. The maximum Gasteiger partial charge on any atom is 0.0366 e. The van der Waals surface area contributed by atoms with Gasteiger partial charge in [0.05, 0.1) is 0 Å². The molecule has 0 saturated carbocycles. The largest absolute Gasteiger partial charge is 0.370 e. The zero-order chi connectivity index (χ0) is 10.7. The minimum absolute atomic E-state index is 0.633. The van der Waals surface area contributed by atoms with Crippen molar-refractivity contribution in [1.82, 2.24) is 5.32 Å². The lowest BCUT2D eigenvalue weighted by Crippen LogP contribution is -2.47. The molecule has 2 unspecified atom stereocenters. The Bertz CT molecular complexity index is 297. The number of likely N-dealkylation sites (N-methyl/N-ethyl adjacent to an activating group) is 1. The lowest BCUT2D eigenvalue weighted by Gasteiger charge is -2.37. The van der Waals surface area contributed by atoms with Crippen LogP contribution in [0.2, 0.25) is 0 Å². The van der Waals surface area contributed by atoms with Crippen molar-refractivity contribution in [1.29, 1.82) is 0 Å². The monoisotopic (exact) mass is 204 g/mol. The average molecular weight is 204 g/mol. The van der Waals surface area contributed by atoms with Crippen molar-refractivity contribution >= 4 is 5.69 Å². The van der Waals surface area contributed by atoms with Crippen LogP contribution in [0.1, 0.15) is 13.3 Å². The molecule has 1 aliphatic rings. The van der Waals surface area contributed by atoms with E-state index in [0.717, 1.165) is 12.5 Å². The van der Waals surface area contributed by atoms with Crippen molar-refractivity contribution < 1.29 is 0 Å². The maximum atomic E-state index is 3.39. The second kappa shape index (κ2) is 4.67. The molecule has 0 aromatic heterocycles. The highest BCUT2D eigenvalue weighted by Crippen LogP contribution is 2.22. The highest BCUT2D eigenvalue weighted by Gasteiger charge is 2.23. The van der Waals surface area contributed by atoms with Crippen LogP contribution in [-0.2, 0) is 0 Å². The van der Waals surface area contributed by atoms with E-state index in [1.807, 2.05) is 0 Å². The lowest BCUT2D eigenvalue weighted by molar-refractivity contribution is 0.366. The molecule has 0 amide bonds. The van der Waals surface area contributed by atoms with E-state index in [2.05, 4.69) is 54.5 Å². The van der Waals surface area contributed by atoms with Crippen molar-refractivity contribution in [3.63, 3.8) is 0 Å². The smallest absolute Gasteiger partial charge is 0.0366 e. The molecule has 2 atom stereocenters. The molecule has 0 radical (unpaired) electrons. The second-order valence-electron chi connectivity index (χ2n) is 4.57. The highest BCUT2D eigenvalue weighted by atomic mass is 15.2. The van der Waals surface area contributed by atoms with Crippen LogP contribution >= 0.6 is 0 Å². The molecule has 1 heterocycles. The topological polar surface area (TPSA) is 15.3 Å². The normalized spacial score (nSPS) is 26.7. The van der Waals surface area contributed by atoms with Gasteiger partial charge >= 0.3 is 0 Å². The first-order chi connectivity index (χ1) is 7.29. The minimum Gasteiger partial charge on any atom is -0.370 e. The first-order valence-corrected chi connectivity index (χ1v) is 5.77. The Kier molecular flexibility index (Phi) is 3.27. The molecule has 2 rings (SSSR count). The molecular weight excluding hydrogens is 184 g/mol. The summed E-state index contributed by atoms with van der Waals surface area (Å²) in [6, 6.07) is 11.3. The molecule has 82 valence electrons. The molecule has 1 N–H and O–H groups in total. The molecule has 0 bridgehead atoms. The zero-order valence-corrected chi connectivity index (χ0v) is 9.61. The van der Waals surface area contributed by atoms with Crippen molar-refractivity contribution in [3.05, 3.63) is 30.3 Å². The molecule has 0 spiro atoms. The molecule has 1 aromatic carbocycles. The standard InChI is InChI=1S/C13H20N2/c1-11-8-12(14-2)10-15(9-11)13-6-4-3-5-7-13/h3-7,11-12,14H,8-10H2,1-2H3. The molecular formula is C13H20N2. The quantitative estimate of drug-likeness (QED) is 0.794. The van der Waals surface area contributed by atoms with Gasteiger partial charge in [0.2, 0.25) is 0 Å². The molecule has 15 heavy (non-hydrogen) atoms. The van der Waals surface area contributed by atoms with E-state index in [1.165, 1.54) is 18.7 Å².